The predicted molar refractivity (Wildman–Crippen MR) is 93.3 cm³/mol. The number of anilines is 2. The highest BCUT2D eigenvalue weighted by molar-refractivity contribution is 5.88. The molecule has 7 heteroatoms. The van der Waals surface area contributed by atoms with Crippen LogP contribution in [0.3, 0.4) is 0 Å². The van der Waals surface area contributed by atoms with Crippen LogP contribution >= 0.6 is 0 Å². The summed E-state index contributed by atoms with van der Waals surface area (Å²) in [4.78, 5) is 8.80. The Hall–Kier alpha value is -2.44. The highest BCUT2D eigenvalue weighted by Crippen LogP contribution is 2.30. The Bertz CT molecular complexity index is 849. The lowest BCUT2D eigenvalue weighted by Crippen LogP contribution is -2.23. The molecule has 1 N–H and O–H groups in total. The highest BCUT2D eigenvalue weighted by atomic mass is 15.3. The maximum absolute atomic E-state index is 4.51. The molecule has 0 amide bonds. The van der Waals surface area contributed by atoms with Gasteiger partial charge in [0.2, 0.25) is 0 Å². The number of hydrogen-bond acceptors (Lipinski definition) is 5. The third-order valence-electron chi connectivity index (χ3n) is 4.56. The molecule has 0 aromatic carbocycles. The van der Waals surface area contributed by atoms with Crippen molar-refractivity contribution in [3.8, 4) is 0 Å². The lowest BCUT2D eigenvalue weighted by atomic mass is 10.1. The van der Waals surface area contributed by atoms with E-state index in [-0.39, 0.29) is 5.54 Å². The lowest BCUT2D eigenvalue weighted by Gasteiger charge is -2.19. The Morgan fingerprint density at radius 1 is 1.08 bits per heavy atom. The second-order valence-electron chi connectivity index (χ2n) is 7.46. The smallest absolute Gasteiger partial charge is 0.163 e. The van der Waals surface area contributed by atoms with Crippen LogP contribution in [0.1, 0.15) is 52.5 Å². The third kappa shape index (κ3) is 2.64. The van der Waals surface area contributed by atoms with E-state index in [1.54, 1.807) is 6.33 Å². The molecular weight excluding hydrogens is 302 g/mol. The van der Waals surface area contributed by atoms with Gasteiger partial charge in [-0.05, 0) is 33.6 Å². The van der Waals surface area contributed by atoms with Crippen LogP contribution < -0.4 is 5.32 Å². The van der Waals surface area contributed by atoms with E-state index in [1.807, 2.05) is 17.1 Å². The van der Waals surface area contributed by atoms with E-state index in [0.29, 0.717) is 6.04 Å². The molecule has 4 rings (SSSR count). The SMILES string of the molecule is CC(C)(C)n1ncc2c(Nc3cnn(C4CCCC4)c3)ncnc21. The summed E-state index contributed by atoms with van der Waals surface area (Å²) >= 11 is 0. The molecule has 0 aliphatic heterocycles. The van der Waals surface area contributed by atoms with Crippen LogP contribution in [0.25, 0.3) is 11.0 Å². The molecule has 3 heterocycles. The zero-order valence-corrected chi connectivity index (χ0v) is 14.4. The normalized spacial score (nSPS) is 16.1. The fourth-order valence-corrected chi connectivity index (χ4v) is 3.34. The van der Waals surface area contributed by atoms with Gasteiger partial charge in [0, 0.05) is 6.20 Å². The predicted octanol–water partition coefficient (Wildman–Crippen LogP) is 3.64. The minimum absolute atomic E-state index is 0.124. The van der Waals surface area contributed by atoms with Gasteiger partial charge in [-0.1, -0.05) is 12.8 Å². The molecule has 0 bridgehead atoms. The van der Waals surface area contributed by atoms with Gasteiger partial charge in [0.1, 0.15) is 12.1 Å². The highest BCUT2D eigenvalue weighted by Gasteiger charge is 2.20. The molecule has 0 atom stereocenters. The van der Waals surface area contributed by atoms with Gasteiger partial charge in [-0.15, -0.1) is 0 Å². The van der Waals surface area contributed by atoms with Gasteiger partial charge >= 0.3 is 0 Å². The average molecular weight is 325 g/mol. The van der Waals surface area contributed by atoms with Crippen molar-refractivity contribution in [3.63, 3.8) is 0 Å². The zero-order valence-electron chi connectivity index (χ0n) is 14.4. The Morgan fingerprint density at radius 2 is 1.88 bits per heavy atom. The number of nitrogens with one attached hydrogen (secondary N) is 1. The van der Waals surface area contributed by atoms with E-state index < -0.39 is 0 Å². The van der Waals surface area contributed by atoms with Crippen LogP contribution in [0, 0.1) is 0 Å². The summed E-state index contributed by atoms with van der Waals surface area (Å²) in [5, 5.41) is 13.3. The van der Waals surface area contributed by atoms with Crippen LogP contribution in [-0.2, 0) is 5.54 Å². The van der Waals surface area contributed by atoms with Crippen molar-refractivity contribution < 1.29 is 0 Å². The van der Waals surface area contributed by atoms with Gasteiger partial charge in [-0.25, -0.2) is 14.6 Å². The van der Waals surface area contributed by atoms with Gasteiger partial charge in [0.25, 0.3) is 0 Å². The summed E-state index contributed by atoms with van der Waals surface area (Å²) in [5.74, 6) is 0.765. The molecule has 1 saturated carbocycles. The molecular formula is C17H23N7. The van der Waals surface area contributed by atoms with Crippen molar-refractivity contribution in [1.82, 2.24) is 29.5 Å². The number of fused-ring (bicyclic) bond motifs is 1. The standard InChI is InChI=1S/C17H23N7/c1-17(2,3)24-16-14(9-21-24)15(18-11-19-16)22-12-8-20-23(10-12)13-6-4-5-7-13/h8-11,13H,4-7H2,1-3H3,(H,18,19,22). The van der Waals surface area contributed by atoms with E-state index in [2.05, 4.69) is 57.1 Å². The molecule has 3 aromatic heterocycles. The van der Waals surface area contributed by atoms with Crippen LogP contribution in [0.5, 0.6) is 0 Å². The van der Waals surface area contributed by atoms with Crippen molar-refractivity contribution in [1.29, 1.82) is 0 Å². The van der Waals surface area contributed by atoms with Crippen molar-refractivity contribution in [2.24, 2.45) is 0 Å². The first-order valence-corrected chi connectivity index (χ1v) is 8.53. The van der Waals surface area contributed by atoms with E-state index >= 15 is 0 Å². The topological polar surface area (TPSA) is 73.5 Å². The van der Waals surface area contributed by atoms with Crippen LogP contribution in [0.15, 0.2) is 24.9 Å². The summed E-state index contributed by atoms with van der Waals surface area (Å²) in [6.45, 7) is 6.33. The van der Waals surface area contributed by atoms with Crippen molar-refractivity contribution in [2.75, 3.05) is 5.32 Å². The summed E-state index contributed by atoms with van der Waals surface area (Å²) in [7, 11) is 0. The second-order valence-corrected chi connectivity index (χ2v) is 7.46. The zero-order chi connectivity index (χ0) is 16.7. The van der Waals surface area contributed by atoms with E-state index in [0.717, 1.165) is 22.5 Å². The number of rotatable bonds is 3. The van der Waals surface area contributed by atoms with Gasteiger partial charge in [0.05, 0.1) is 35.0 Å². The fourth-order valence-electron chi connectivity index (χ4n) is 3.34. The first-order valence-electron chi connectivity index (χ1n) is 8.53. The summed E-state index contributed by atoms with van der Waals surface area (Å²) in [6, 6.07) is 0.537. The summed E-state index contributed by atoms with van der Waals surface area (Å²) in [5.41, 5.74) is 1.66. The quantitative estimate of drug-likeness (QED) is 0.796. The minimum Gasteiger partial charge on any atom is -0.337 e. The Morgan fingerprint density at radius 3 is 2.62 bits per heavy atom. The average Bonchev–Trinajstić information content (AvgIpc) is 3.27. The Labute approximate surface area is 141 Å². The van der Waals surface area contributed by atoms with Gasteiger partial charge in [0.15, 0.2) is 5.65 Å². The van der Waals surface area contributed by atoms with E-state index in [4.69, 9.17) is 0 Å². The molecule has 3 aromatic rings. The van der Waals surface area contributed by atoms with Crippen molar-refractivity contribution >= 4 is 22.5 Å². The van der Waals surface area contributed by atoms with Crippen molar-refractivity contribution in [3.05, 3.63) is 24.9 Å². The summed E-state index contributed by atoms with van der Waals surface area (Å²) in [6.07, 6.45) is 12.4. The molecule has 1 fully saturated rings. The van der Waals surface area contributed by atoms with Crippen LogP contribution in [-0.4, -0.2) is 29.5 Å². The second kappa shape index (κ2) is 5.58. The number of aromatic nitrogens is 6. The molecule has 1 aliphatic carbocycles. The van der Waals surface area contributed by atoms with Gasteiger partial charge in [-0.3, -0.25) is 4.68 Å². The molecule has 0 radical (unpaired) electrons. The fraction of sp³-hybridized carbons (Fsp3) is 0.529. The number of hydrogen-bond donors (Lipinski definition) is 1. The molecule has 1 aliphatic rings. The Balaban J connectivity index is 1.64. The minimum atomic E-state index is -0.124. The molecule has 126 valence electrons. The monoisotopic (exact) mass is 325 g/mol. The molecule has 0 saturated heterocycles. The molecule has 0 unspecified atom stereocenters. The maximum Gasteiger partial charge on any atom is 0.163 e. The Kier molecular flexibility index (Phi) is 3.51. The molecule has 24 heavy (non-hydrogen) atoms. The number of nitrogens with zero attached hydrogens (tertiary/aromatic N) is 6. The first-order chi connectivity index (χ1) is 11.5. The van der Waals surface area contributed by atoms with E-state index in [1.165, 1.54) is 25.7 Å². The van der Waals surface area contributed by atoms with Crippen LogP contribution in [0.4, 0.5) is 11.5 Å². The molecule has 7 nitrogen and oxygen atoms in total. The van der Waals surface area contributed by atoms with Gasteiger partial charge in [-0.2, -0.15) is 10.2 Å². The largest absolute Gasteiger partial charge is 0.337 e. The molecule has 0 spiro atoms. The third-order valence-corrected chi connectivity index (χ3v) is 4.56. The van der Waals surface area contributed by atoms with Crippen LogP contribution in [0.2, 0.25) is 0 Å². The van der Waals surface area contributed by atoms with Crippen molar-refractivity contribution in [2.45, 2.75) is 58.0 Å². The van der Waals surface area contributed by atoms with Gasteiger partial charge < -0.3 is 5.32 Å². The maximum atomic E-state index is 4.51. The van der Waals surface area contributed by atoms with E-state index in [9.17, 15) is 0 Å². The summed E-state index contributed by atoms with van der Waals surface area (Å²) < 4.78 is 4.00. The lowest BCUT2D eigenvalue weighted by molar-refractivity contribution is 0.366. The first kappa shape index (κ1) is 15.1.